The van der Waals surface area contributed by atoms with Gasteiger partial charge in [-0.15, -0.1) is 0 Å². The van der Waals surface area contributed by atoms with E-state index in [1.807, 2.05) is 26.8 Å². The van der Waals surface area contributed by atoms with Gasteiger partial charge < -0.3 is 9.64 Å². The van der Waals surface area contributed by atoms with Gasteiger partial charge in [-0.1, -0.05) is 30.3 Å². The predicted molar refractivity (Wildman–Crippen MR) is 109 cm³/mol. The molecule has 1 aliphatic carbocycles. The second-order valence-electron chi connectivity index (χ2n) is 9.46. The lowest BCUT2D eigenvalue weighted by atomic mass is 9.95. The Morgan fingerprint density at radius 1 is 1.17 bits per heavy atom. The standard InChI is InChI=1S/C24H27F2NO2/c1-23(2,3)29-22(28)27-15-24(9-10-24)14-19(27)12-17-11-18(25)13-20(21(17)26)16-7-5-4-6-8-16/h4-8,11,13,19H,9-10,12,14-15H2,1-3H3. The molecule has 1 amide bonds. The molecule has 1 saturated heterocycles. The summed E-state index contributed by atoms with van der Waals surface area (Å²) < 4.78 is 35.2. The van der Waals surface area contributed by atoms with Crippen molar-refractivity contribution in [2.75, 3.05) is 6.54 Å². The molecule has 4 rings (SSSR count). The van der Waals surface area contributed by atoms with Crippen molar-refractivity contribution >= 4 is 6.09 Å². The highest BCUT2D eigenvalue weighted by molar-refractivity contribution is 5.69. The molecule has 2 aromatic rings. The van der Waals surface area contributed by atoms with Gasteiger partial charge in [-0.2, -0.15) is 0 Å². The number of nitrogens with zero attached hydrogens (tertiary/aromatic N) is 1. The van der Waals surface area contributed by atoms with Crippen molar-refractivity contribution in [3.8, 4) is 11.1 Å². The molecule has 5 heteroatoms. The number of hydrogen-bond acceptors (Lipinski definition) is 2. The smallest absolute Gasteiger partial charge is 0.410 e. The summed E-state index contributed by atoms with van der Waals surface area (Å²) in [6, 6.07) is 11.3. The van der Waals surface area contributed by atoms with Crippen LogP contribution in [0, 0.1) is 17.0 Å². The molecule has 1 spiro atoms. The maximum absolute atomic E-state index is 15.3. The number of halogens is 2. The third-order valence-corrected chi connectivity index (χ3v) is 5.85. The van der Waals surface area contributed by atoms with Crippen LogP contribution < -0.4 is 0 Å². The van der Waals surface area contributed by atoms with Crippen molar-refractivity contribution in [2.45, 2.75) is 58.1 Å². The molecule has 1 atom stereocenters. The lowest BCUT2D eigenvalue weighted by Gasteiger charge is -2.29. The van der Waals surface area contributed by atoms with Crippen molar-refractivity contribution in [2.24, 2.45) is 5.41 Å². The van der Waals surface area contributed by atoms with Crippen LogP contribution >= 0.6 is 0 Å². The molecule has 154 valence electrons. The molecule has 2 aromatic carbocycles. The minimum Gasteiger partial charge on any atom is -0.444 e. The van der Waals surface area contributed by atoms with Gasteiger partial charge in [0.2, 0.25) is 0 Å². The Labute approximate surface area is 170 Å². The van der Waals surface area contributed by atoms with Gasteiger partial charge >= 0.3 is 6.09 Å². The molecule has 1 saturated carbocycles. The number of likely N-dealkylation sites (tertiary alicyclic amines) is 1. The molecule has 2 fully saturated rings. The highest BCUT2D eigenvalue weighted by Crippen LogP contribution is 2.55. The van der Waals surface area contributed by atoms with Gasteiger partial charge in [-0.05, 0) is 75.1 Å². The van der Waals surface area contributed by atoms with Crippen molar-refractivity contribution in [1.82, 2.24) is 4.90 Å². The molecule has 1 aliphatic heterocycles. The Hall–Kier alpha value is -2.43. The van der Waals surface area contributed by atoms with Crippen LogP contribution in [-0.2, 0) is 11.2 Å². The summed E-state index contributed by atoms with van der Waals surface area (Å²) in [6.45, 7) is 6.14. The topological polar surface area (TPSA) is 29.5 Å². The number of amides is 1. The summed E-state index contributed by atoms with van der Waals surface area (Å²) in [5.41, 5.74) is 0.739. The van der Waals surface area contributed by atoms with E-state index in [4.69, 9.17) is 4.74 Å². The summed E-state index contributed by atoms with van der Waals surface area (Å²) in [5, 5.41) is 0. The minimum absolute atomic E-state index is 0.133. The van der Waals surface area contributed by atoms with Gasteiger partial charge in [0, 0.05) is 18.2 Å². The number of benzene rings is 2. The van der Waals surface area contributed by atoms with E-state index in [9.17, 15) is 9.18 Å². The molecule has 0 aromatic heterocycles. The monoisotopic (exact) mass is 399 g/mol. The molecular formula is C24H27F2NO2. The lowest BCUT2D eigenvalue weighted by Crippen LogP contribution is -2.41. The Morgan fingerprint density at radius 3 is 2.48 bits per heavy atom. The number of hydrogen-bond donors (Lipinski definition) is 0. The van der Waals surface area contributed by atoms with Gasteiger partial charge in [-0.3, -0.25) is 0 Å². The Morgan fingerprint density at radius 2 is 1.86 bits per heavy atom. The number of carbonyl (C=O) groups excluding carboxylic acids is 1. The number of rotatable bonds is 3. The fourth-order valence-corrected chi connectivity index (χ4v) is 4.30. The average molecular weight is 399 g/mol. The van der Waals surface area contributed by atoms with Gasteiger partial charge in [0.25, 0.3) is 0 Å². The Bertz CT molecular complexity index is 916. The zero-order valence-electron chi connectivity index (χ0n) is 17.2. The number of carbonyl (C=O) groups is 1. The van der Waals surface area contributed by atoms with Crippen LogP contribution in [-0.4, -0.2) is 29.2 Å². The Balaban J connectivity index is 1.62. The summed E-state index contributed by atoms with van der Waals surface area (Å²) >= 11 is 0. The summed E-state index contributed by atoms with van der Waals surface area (Å²) in [7, 11) is 0. The van der Waals surface area contributed by atoms with E-state index in [0.29, 0.717) is 17.7 Å². The van der Waals surface area contributed by atoms with Crippen LogP contribution in [0.15, 0.2) is 42.5 Å². The van der Waals surface area contributed by atoms with Gasteiger partial charge in [0.05, 0.1) is 0 Å². The fraction of sp³-hybridized carbons (Fsp3) is 0.458. The highest BCUT2D eigenvalue weighted by Gasteiger charge is 2.53. The van der Waals surface area contributed by atoms with Crippen LogP contribution in [0.25, 0.3) is 11.1 Å². The van der Waals surface area contributed by atoms with Crippen LogP contribution in [0.5, 0.6) is 0 Å². The molecule has 29 heavy (non-hydrogen) atoms. The second-order valence-corrected chi connectivity index (χ2v) is 9.46. The average Bonchev–Trinajstić information content (AvgIpc) is 3.30. The van der Waals surface area contributed by atoms with Crippen LogP contribution in [0.1, 0.15) is 45.6 Å². The Kier molecular flexibility index (Phi) is 4.88. The predicted octanol–water partition coefficient (Wildman–Crippen LogP) is 5.96. The minimum atomic E-state index is -0.592. The maximum Gasteiger partial charge on any atom is 0.410 e. The molecule has 2 aliphatic rings. The largest absolute Gasteiger partial charge is 0.444 e. The zero-order valence-corrected chi connectivity index (χ0v) is 17.2. The first kappa shape index (κ1) is 19.9. The lowest BCUT2D eigenvalue weighted by molar-refractivity contribution is 0.0219. The van der Waals surface area contributed by atoms with Gasteiger partial charge in [-0.25, -0.2) is 13.6 Å². The first-order valence-corrected chi connectivity index (χ1v) is 10.2. The van der Waals surface area contributed by atoms with Crippen molar-refractivity contribution in [3.63, 3.8) is 0 Å². The van der Waals surface area contributed by atoms with Crippen molar-refractivity contribution in [3.05, 3.63) is 59.7 Å². The highest BCUT2D eigenvalue weighted by atomic mass is 19.1. The molecule has 1 unspecified atom stereocenters. The maximum atomic E-state index is 15.3. The van der Waals surface area contributed by atoms with E-state index < -0.39 is 17.2 Å². The third kappa shape index (κ3) is 4.29. The quantitative estimate of drug-likeness (QED) is 0.637. The van der Waals surface area contributed by atoms with E-state index in [1.165, 1.54) is 12.1 Å². The van der Waals surface area contributed by atoms with E-state index in [2.05, 4.69) is 0 Å². The summed E-state index contributed by atoms with van der Waals surface area (Å²) in [4.78, 5) is 14.5. The molecule has 0 radical (unpaired) electrons. The molecular weight excluding hydrogens is 372 g/mol. The first-order valence-electron chi connectivity index (χ1n) is 10.2. The number of ether oxygens (including phenoxy) is 1. The van der Waals surface area contributed by atoms with Crippen molar-refractivity contribution in [1.29, 1.82) is 0 Å². The first-order chi connectivity index (χ1) is 13.7. The van der Waals surface area contributed by atoms with Crippen molar-refractivity contribution < 1.29 is 18.3 Å². The SMILES string of the molecule is CC(C)(C)OC(=O)N1CC2(CC2)CC1Cc1cc(F)cc(-c2ccccc2)c1F. The van der Waals surface area contributed by atoms with E-state index in [-0.39, 0.29) is 29.5 Å². The van der Waals surface area contributed by atoms with Crippen LogP contribution in [0.4, 0.5) is 13.6 Å². The summed E-state index contributed by atoms with van der Waals surface area (Å²) in [5.74, 6) is -0.887. The molecule has 0 N–H and O–H groups in total. The molecule has 0 bridgehead atoms. The van der Waals surface area contributed by atoms with Crippen LogP contribution in [0.2, 0.25) is 0 Å². The van der Waals surface area contributed by atoms with E-state index in [1.54, 1.807) is 29.2 Å². The third-order valence-electron chi connectivity index (χ3n) is 5.85. The molecule has 3 nitrogen and oxygen atoms in total. The molecule has 1 heterocycles. The normalized spacial score (nSPS) is 20.2. The zero-order chi connectivity index (χ0) is 20.8. The second kappa shape index (κ2) is 7.12. The van der Waals surface area contributed by atoms with E-state index in [0.717, 1.165) is 19.3 Å². The fourth-order valence-electron chi connectivity index (χ4n) is 4.30. The van der Waals surface area contributed by atoms with E-state index >= 15 is 4.39 Å². The summed E-state index contributed by atoms with van der Waals surface area (Å²) in [6.07, 6.45) is 2.87. The van der Waals surface area contributed by atoms with Gasteiger partial charge in [0.15, 0.2) is 0 Å². The van der Waals surface area contributed by atoms with Crippen LogP contribution in [0.3, 0.4) is 0 Å². The van der Waals surface area contributed by atoms with Gasteiger partial charge in [0.1, 0.15) is 17.2 Å².